The van der Waals surface area contributed by atoms with E-state index in [0.29, 0.717) is 0 Å². The van der Waals surface area contributed by atoms with Crippen LogP contribution in [0.3, 0.4) is 0 Å². The molecule has 1 atom stereocenters. The molecule has 2 N–H and O–H groups in total. The number of para-hydroxylation sites is 1. The predicted molar refractivity (Wildman–Crippen MR) is 86.5 cm³/mol. The van der Waals surface area contributed by atoms with Gasteiger partial charge in [-0.2, -0.15) is 0 Å². The summed E-state index contributed by atoms with van der Waals surface area (Å²) >= 11 is 0. The molecule has 1 amide bonds. The fourth-order valence-corrected chi connectivity index (χ4v) is 2.04. The van der Waals surface area contributed by atoms with Gasteiger partial charge < -0.3 is 15.4 Å². The zero-order chi connectivity index (χ0) is 15.9. The number of hydrogen-bond acceptors (Lipinski definition) is 3. The van der Waals surface area contributed by atoms with Crippen LogP contribution in [-0.2, 0) is 4.79 Å². The number of rotatable bonds is 7. The Morgan fingerprint density at radius 1 is 1.29 bits per heavy atom. The zero-order valence-corrected chi connectivity index (χ0v) is 13.8. The van der Waals surface area contributed by atoms with Crippen LogP contribution in [0.4, 0.5) is 0 Å². The number of hydrogen-bond donors (Lipinski definition) is 2. The molecule has 4 heteroatoms. The molecule has 0 saturated heterocycles. The van der Waals surface area contributed by atoms with Crippen molar-refractivity contribution in [2.75, 3.05) is 13.2 Å². The summed E-state index contributed by atoms with van der Waals surface area (Å²) < 4.78 is 5.69. The highest BCUT2D eigenvalue weighted by Gasteiger charge is 2.15. The van der Waals surface area contributed by atoms with Crippen molar-refractivity contribution < 1.29 is 9.53 Å². The molecule has 0 aromatic heterocycles. The maximum atomic E-state index is 11.8. The smallest absolute Gasteiger partial charge is 0.258 e. The third-order valence-electron chi connectivity index (χ3n) is 2.96. The van der Waals surface area contributed by atoms with E-state index in [1.807, 2.05) is 45.0 Å². The molecule has 0 fully saturated rings. The van der Waals surface area contributed by atoms with E-state index >= 15 is 0 Å². The average molecular weight is 292 g/mol. The number of benzene rings is 1. The molecule has 0 radical (unpaired) electrons. The van der Waals surface area contributed by atoms with Crippen molar-refractivity contribution in [2.45, 2.75) is 52.6 Å². The molecule has 1 rings (SSSR count). The fourth-order valence-electron chi connectivity index (χ4n) is 2.04. The minimum Gasteiger partial charge on any atom is -0.483 e. The Bertz CT molecular complexity index is 452. The van der Waals surface area contributed by atoms with Gasteiger partial charge in [0.2, 0.25) is 0 Å². The quantitative estimate of drug-likeness (QED) is 0.812. The van der Waals surface area contributed by atoms with E-state index in [9.17, 15) is 4.79 Å². The van der Waals surface area contributed by atoms with Crippen molar-refractivity contribution in [3.05, 3.63) is 29.8 Å². The normalized spacial score (nSPS) is 12.8. The summed E-state index contributed by atoms with van der Waals surface area (Å²) in [6.45, 7) is 11.1. The molecule has 0 aliphatic heterocycles. The minimum absolute atomic E-state index is 0.0365. The van der Waals surface area contributed by atoms with Gasteiger partial charge in [0.05, 0.1) is 0 Å². The Balaban J connectivity index is 2.65. The molecule has 0 aliphatic rings. The van der Waals surface area contributed by atoms with Crippen molar-refractivity contribution in [3.8, 4) is 5.75 Å². The van der Waals surface area contributed by atoms with Gasteiger partial charge in [0, 0.05) is 17.1 Å². The van der Waals surface area contributed by atoms with E-state index in [1.54, 1.807) is 0 Å². The highest BCUT2D eigenvalue weighted by Crippen LogP contribution is 2.24. The number of carbonyl (C=O) groups excluding carboxylic acids is 1. The summed E-state index contributed by atoms with van der Waals surface area (Å²) in [5, 5.41) is 6.33. The van der Waals surface area contributed by atoms with Crippen molar-refractivity contribution in [2.24, 2.45) is 0 Å². The van der Waals surface area contributed by atoms with Crippen LogP contribution in [0.5, 0.6) is 5.75 Å². The maximum absolute atomic E-state index is 11.8. The van der Waals surface area contributed by atoms with E-state index in [2.05, 4.69) is 24.5 Å². The minimum atomic E-state index is -0.240. The van der Waals surface area contributed by atoms with E-state index in [-0.39, 0.29) is 24.1 Å². The Kier molecular flexibility index (Phi) is 6.69. The number of nitrogens with one attached hydrogen (secondary N) is 2. The van der Waals surface area contributed by atoms with Crippen LogP contribution in [-0.4, -0.2) is 24.6 Å². The van der Waals surface area contributed by atoms with Crippen LogP contribution in [0.15, 0.2) is 24.3 Å². The van der Waals surface area contributed by atoms with Crippen LogP contribution in [0.2, 0.25) is 0 Å². The van der Waals surface area contributed by atoms with E-state index in [1.165, 1.54) is 0 Å². The molecule has 0 heterocycles. The van der Waals surface area contributed by atoms with Crippen LogP contribution in [0.1, 0.15) is 52.6 Å². The number of amides is 1. The second-order valence-electron chi connectivity index (χ2n) is 6.30. The highest BCUT2D eigenvalue weighted by atomic mass is 16.5. The first-order chi connectivity index (χ1) is 9.83. The Morgan fingerprint density at radius 3 is 2.57 bits per heavy atom. The van der Waals surface area contributed by atoms with Crippen LogP contribution in [0, 0.1) is 0 Å². The van der Waals surface area contributed by atoms with Gasteiger partial charge >= 0.3 is 0 Å². The predicted octanol–water partition coefficient (Wildman–Crippen LogP) is 3.04. The average Bonchev–Trinajstić information content (AvgIpc) is 2.41. The first-order valence-corrected chi connectivity index (χ1v) is 7.59. The van der Waals surface area contributed by atoms with Crippen molar-refractivity contribution in [1.29, 1.82) is 0 Å². The topological polar surface area (TPSA) is 50.4 Å². The maximum Gasteiger partial charge on any atom is 0.258 e. The van der Waals surface area contributed by atoms with Gasteiger partial charge in [-0.1, -0.05) is 25.1 Å². The van der Waals surface area contributed by atoms with E-state index in [4.69, 9.17) is 4.74 Å². The van der Waals surface area contributed by atoms with Gasteiger partial charge in [0.15, 0.2) is 6.61 Å². The second kappa shape index (κ2) is 8.03. The van der Waals surface area contributed by atoms with Crippen molar-refractivity contribution in [1.82, 2.24) is 10.6 Å². The lowest BCUT2D eigenvalue weighted by Gasteiger charge is -2.21. The van der Waals surface area contributed by atoms with E-state index < -0.39 is 0 Å². The molecule has 1 aromatic carbocycles. The second-order valence-corrected chi connectivity index (χ2v) is 6.30. The summed E-state index contributed by atoms with van der Waals surface area (Å²) in [6.07, 6.45) is 1.08. The summed E-state index contributed by atoms with van der Waals surface area (Å²) in [6, 6.07) is 8.05. The van der Waals surface area contributed by atoms with Crippen LogP contribution < -0.4 is 15.4 Å². The zero-order valence-electron chi connectivity index (χ0n) is 13.8. The molecule has 118 valence electrons. The lowest BCUT2D eigenvalue weighted by atomic mass is 10.1. The third-order valence-corrected chi connectivity index (χ3v) is 2.96. The molecule has 0 saturated carbocycles. The van der Waals surface area contributed by atoms with Gasteiger partial charge in [-0.15, -0.1) is 0 Å². The molecule has 0 aliphatic carbocycles. The van der Waals surface area contributed by atoms with Gasteiger partial charge in [-0.25, -0.2) is 0 Å². The summed E-state index contributed by atoms with van der Waals surface area (Å²) in [5.74, 6) is 0.657. The standard InChI is InChI=1S/C17H28N2O2/c1-6-11-18-13(2)14-9-7-8-10-15(14)21-12-16(20)19-17(3,4)5/h7-10,13,18H,6,11-12H2,1-5H3,(H,19,20). The molecular weight excluding hydrogens is 264 g/mol. The Labute approximate surface area is 128 Å². The van der Waals surface area contributed by atoms with Gasteiger partial charge in [0.25, 0.3) is 5.91 Å². The molecule has 4 nitrogen and oxygen atoms in total. The molecule has 1 aromatic rings. The largest absolute Gasteiger partial charge is 0.483 e. The molecular formula is C17H28N2O2. The molecule has 0 bridgehead atoms. The number of carbonyl (C=O) groups is 1. The van der Waals surface area contributed by atoms with Crippen LogP contribution >= 0.6 is 0 Å². The molecule has 1 unspecified atom stereocenters. The van der Waals surface area contributed by atoms with Gasteiger partial charge in [-0.3, -0.25) is 4.79 Å². The highest BCUT2D eigenvalue weighted by molar-refractivity contribution is 5.78. The Morgan fingerprint density at radius 2 is 1.95 bits per heavy atom. The van der Waals surface area contributed by atoms with Crippen molar-refractivity contribution >= 4 is 5.91 Å². The lowest BCUT2D eigenvalue weighted by molar-refractivity contribution is -0.124. The first kappa shape index (κ1) is 17.5. The van der Waals surface area contributed by atoms with Gasteiger partial charge in [0.1, 0.15) is 5.75 Å². The fraction of sp³-hybridized carbons (Fsp3) is 0.588. The summed E-state index contributed by atoms with van der Waals surface area (Å²) in [4.78, 5) is 11.8. The lowest BCUT2D eigenvalue weighted by Crippen LogP contribution is -2.43. The van der Waals surface area contributed by atoms with Crippen molar-refractivity contribution in [3.63, 3.8) is 0 Å². The molecule has 21 heavy (non-hydrogen) atoms. The van der Waals surface area contributed by atoms with Crippen LogP contribution in [0.25, 0.3) is 0 Å². The molecule has 0 spiro atoms. The summed E-state index contributed by atoms with van der Waals surface area (Å²) in [5.41, 5.74) is 0.838. The Hall–Kier alpha value is -1.55. The SMILES string of the molecule is CCCNC(C)c1ccccc1OCC(=O)NC(C)(C)C. The van der Waals surface area contributed by atoms with E-state index in [0.717, 1.165) is 24.3 Å². The number of ether oxygens (including phenoxy) is 1. The van der Waals surface area contributed by atoms with Gasteiger partial charge in [-0.05, 0) is 46.7 Å². The third kappa shape index (κ3) is 6.63. The monoisotopic (exact) mass is 292 g/mol. The summed E-state index contributed by atoms with van der Waals surface area (Å²) in [7, 11) is 0. The first-order valence-electron chi connectivity index (χ1n) is 7.59.